The van der Waals surface area contributed by atoms with Gasteiger partial charge in [-0.3, -0.25) is 4.79 Å². The molecule has 0 aromatic heterocycles. The maximum atomic E-state index is 12.5. The van der Waals surface area contributed by atoms with Crippen molar-refractivity contribution in [3.8, 4) is 0 Å². The lowest BCUT2D eigenvalue weighted by Gasteiger charge is -2.31. The highest BCUT2D eigenvalue weighted by atomic mass is 16.5. The van der Waals surface area contributed by atoms with Crippen molar-refractivity contribution < 1.29 is 19.1 Å². The number of methoxy groups -OCH3 is 1. The summed E-state index contributed by atoms with van der Waals surface area (Å²) in [6, 6.07) is -0.829. The maximum absolute atomic E-state index is 12.5. The van der Waals surface area contributed by atoms with Gasteiger partial charge in [0.05, 0.1) is 19.8 Å². The van der Waals surface area contributed by atoms with Gasteiger partial charge in [-0.05, 0) is 12.3 Å². The van der Waals surface area contributed by atoms with E-state index in [4.69, 9.17) is 9.47 Å². The third kappa shape index (κ3) is 6.77. The van der Waals surface area contributed by atoms with Crippen LogP contribution in [0.3, 0.4) is 0 Å². The van der Waals surface area contributed by atoms with Gasteiger partial charge < -0.3 is 25.0 Å². The molecule has 1 heterocycles. The van der Waals surface area contributed by atoms with Gasteiger partial charge in [0.1, 0.15) is 6.04 Å². The van der Waals surface area contributed by atoms with Gasteiger partial charge in [0.15, 0.2) is 0 Å². The monoisotopic (exact) mass is 301 g/mol. The molecule has 1 aliphatic rings. The predicted octanol–water partition coefficient (Wildman–Crippen LogP) is 0.206. The molecular weight excluding hydrogens is 274 g/mol. The van der Waals surface area contributed by atoms with Crippen molar-refractivity contribution >= 4 is 11.9 Å². The normalized spacial score (nSPS) is 16.7. The number of amides is 3. The number of ether oxygens (including phenoxy) is 2. The number of urea groups is 1. The highest BCUT2D eigenvalue weighted by Gasteiger charge is 2.27. The van der Waals surface area contributed by atoms with E-state index in [1.54, 1.807) is 12.0 Å². The molecule has 3 amide bonds. The Morgan fingerprint density at radius 1 is 1.29 bits per heavy atom. The summed E-state index contributed by atoms with van der Waals surface area (Å²) in [5.74, 6) is 0.285. The summed E-state index contributed by atoms with van der Waals surface area (Å²) in [6.07, 6.45) is 0.619. The van der Waals surface area contributed by atoms with Crippen LogP contribution in [0.25, 0.3) is 0 Å². The van der Waals surface area contributed by atoms with Gasteiger partial charge in [-0.2, -0.15) is 0 Å². The van der Waals surface area contributed by atoms with E-state index in [0.29, 0.717) is 51.8 Å². The smallest absolute Gasteiger partial charge is 0.315 e. The van der Waals surface area contributed by atoms with Gasteiger partial charge in [0, 0.05) is 26.7 Å². The van der Waals surface area contributed by atoms with Crippen molar-refractivity contribution in [3.05, 3.63) is 0 Å². The van der Waals surface area contributed by atoms with E-state index in [1.165, 1.54) is 0 Å². The molecule has 122 valence electrons. The fourth-order valence-electron chi connectivity index (χ4n) is 2.17. The van der Waals surface area contributed by atoms with Crippen LogP contribution in [0.4, 0.5) is 4.79 Å². The SMILES string of the molecule is COCCNC(=O)N[C@H](CC(C)C)C(=O)N1CCOCC1. The van der Waals surface area contributed by atoms with Crippen LogP contribution in [0.2, 0.25) is 0 Å². The summed E-state index contributed by atoms with van der Waals surface area (Å²) in [5, 5.41) is 5.44. The molecule has 0 spiro atoms. The molecule has 1 saturated heterocycles. The van der Waals surface area contributed by atoms with Crippen LogP contribution in [-0.2, 0) is 14.3 Å². The Morgan fingerprint density at radius 2 is 1.95 bits per heavy atom. The average molecular weight is 301 g/mol. The molecule has 0 aromatic carbocycles. The average Bonchev–Trinajstić information content (AvgIpc) is 2.46. The minimum atomic E-state index is -0.495. The lowest BCUT2D eigenvalue weighted by Crippen LogP contribution is -2.54. The topological polar surface area (TPSA) is 79.9 Å². The number of hydrogen-bond donors (Lipinski definition) is 2. The Morgan fingerprint density at radius 3 is 2.52 bits per heavy atom. The molecule has 1 aliphatic heterocycles. The molecule has 1 atom stereocenters. The van der Waals surface area contributed by atoms with Crippen LogP contribution in [0.15, 0.2) is 0 Å². The van der Waals surface area contributed by atoms with Crippen LogP contribution in [0, 0.1) is 5.92 Å². The molecule has 2 N–H and O–H groups in total. The second kappa shape index (κ2) is 9.57. The van der Waals surface area contributed by atoms with Crippen molar-refractivity contribution in [3.63, 3.8) is 0 Å². The number of nitrogens with zero attached hydrogens (tertiary/aromatic N) is 1. The molecule has 7 nitrogen and oxygen atoms in total. The standard InChI is InChI=1S/C14H27N3O4/c1-11(2)10-12(16-14(19)15-4-7-20-3)13(18)17-5-8-21-9-6-17/h11-12H,4-10H2,1-3H3,(H2,15,16,19)/t12-/m1/s1. The zero-order valence-electron chi connectivity index (χ0n) is 13.2. The van der Waals surface area contributed by atoms with E-state index in [2.05, 4.69) is 10.6 Å². The molecule has 0 aliphatic carbocycles. The van der Waals surface area contributed by atoms with Crippen LogP contribution in [0.1, 0.15) is 20.3 Å². The van der Waals surface area contributed by atoms with Crippen LogP contribution in [0.5, 0.6) is 0 Å². The lowest BCUT2D eigenvalue weighted by atomic mass is 10.0. The number of rotatable bonds is 7. The Bertz CT molecular complexity index is 330. The fourth-order valence-corrected chi connectivity index (χ4v) is 2.17. The lowest BCUT2D eigenvalue weighted by molar-refractivity contribution is -0.137. The van der Waals surface area contributed by atoms with Crippen LogP contribution in [-0.4, -0.2) is 69.4 Å². The molecule has 0 aromatic rings. The van der Waals surface area contributed by atoms with Crippen molar-refractivity contribution in [1.29, 1.82) is 0 Å². The van der Waals surface area contributed by atoms with E-state index in [1.807, 2.05) is 13.8 Å². The summed E-state index contributed by atoms with van der Waals surface area (Å²) in [5.41, 5.74) is 0. The third-order valence-electron chi connectivity index (χ3n) is 3.23. The summed E-state index contributed by atoms with van der Waals surface area (Å²) in [7, 11) is 1.57. The molecule has 0 unspecified atom stereocenters. The van der Waals surface area contributed by atoms with E-state index < -0.39 is 6.04 Å². The van der Waals surface area contributed by atoms with E-state index in [9.17, 15) is 9.59 Å². The number of carbonyl (C=O) groups excluding carboxylic acids is 2. The van der Waals surface area contributed by atoms with E-state index in [-0.39, 0.29) is 11.9 Å². The van der Waals surface area contributed by atoms with E-state index in [0.717, 1.165) is 0 Å². The Kier molecular flexibility index (Phi) is 8.07. The molecule has 0 radical (unpaired) electrons. The first-order valence-electron chi connectivity index (χ1n) is 7.44. The Balaban J connectivity index is 2.53. The number of carbonyl (C=O) groups is 2. The number of hydrogen-bond acceptors (Lipinski definition) is 4. The molecule has 21 heavy (non-hydrogen) atoms. The quantitative estimate of drug-likeness (QED) is 0.659. The van der Waals surface area contributed by atoms with Crippen molar-refractivity contribution in [1.82, 2.24) is 15.5 Å². The van der Waals surface area contributed by atoms with Gasteiger partial charge >= 0.3 is 6.03 Å². The fraction of sp³-hybridized carbons (Fsp3) is 0.857. The minimum absolute atomic E-state index is 0.0334. The molecular formula is C14H27N3O4. The van der Waals surface area contributed by atoms with Gasteiger partial charge in [0.2, 0.25) is 5.91 Å². The van der Waals surface area contributed by atoms with Gasteiger partial charge in [-0.1, -0.05) is 13.8 Å². The van der Waals surface area contributed by atoms with Crippen LogP contribution >= 0.6 is 0 Å². The zero-order valence-corrected chi connectivity index (χ0v) is 13.2. The number of morpholine rings is 1. The first-order chi connectivity index (χ1) is 10.0. The summed E-state index contributed by atoms with van der Waals surface area (Å²) < 4.78 is 10.1. The molecule has 1 rings (SSSR count). The first-order valence-corrected chi connectivity index (χ1v) is 7.44. The molecule has 1 fully saturated rings. The van der Waals surface area contributed by atoms with Gasteiger partial charge in [-0.25, -0.2) is 4.79 Å². The van der Waals surface area contributed by atoms with Crippen molar-refractivity contribution in [2.24, 2.45) is 5.92 Å². The second-order valence-corrected chi connectivity index (χ2v) is 5.51. The minimum Gasteiger partial charge on any atom is -0.383 e. The van der Waals surface area contributed by atoms with Crippen molar-refractivity contribution in [2.75, 3.05) is 46.6 Å². The van der Waals surface area contributed by atoms with Gasteiger partial charge in [-0.15, -0.1) is 0 Å². The molecule has 0 bridgehead atoms. The predicted molar refractivity (Wildman–Crippen MR) is 79.1 cm³/mol. The Labute approximate surface area is 126 Å². The van der Waals surface area contributed by atoms with E-state index >= 15 is 0 Å². The number of nitrogens with one attached hydrogen (secondary N) is 2. The second-order valence-electron chi connectivity index (χ2n) is 5.51. The highest BCUT2D eigenvalue weighted by molar-refractivity contribution is 5.87. The third-order valence-corrected chi connectivity index (χ3v) is 3.23. The molecule has 0 saturated carbocycles. The molecule has 7 heteroatoms. The van der Waals surface area contributed by atoms with Crippen molar-refractivity contribution in [2.45, 2.75) is 26.3 Å². The summed E-state index contributed by atoms with van der Waals surface area (Å²) in [6.45, 7) is 7.21. The highest BCUT2D eigenvalue weighted by Crippen LogP contribution is 2.09. The van der Waals surface area contributed by atoms with Gasteiger partial charge in [0.25, 0.3) is 0 Å². The largest absolute Gasteiger partial charge is 0.383 e. The first kappa shape index (κ1) is 17.7. The zero-order chi connectivity index (χ0) is 15.7. The Hall–Kier alpha value is -1.34. The van der Waals surface area contributed by atoms with Crippen LogP contribution < -0.4 is 10.6 Å². The summed E-state index contributed by atoms with van der Waals surface area (Å²) in [4.78, 5) is 26.1. The summed E-state index contributed by atoms with van der Waals surface area (Å²) >= 11 is 0. The maximum Gasteiger partial charge on any atom is 0.315 e.